The number of nitrogens with two attached hydrogens (primary N) is 1. The molecule has 0 amide bonds. The van der Waals surface area contributed by atoms with Crippen molar-refractivity contribution in [3.05, 3.63) is 17.3 Å². The second-order valence-electron chi connectivity index (χ2n) is 2.09. The molecular weight excluding hydrogens is 162 g/mol. The van der Waals surface area contributed by atoms with Crippen LogP contribution in [0.3, 0.4) is 0 Å². The molecule has 0 radical (unpaired) electrons. The zero-order valence-electron chi connectivity index (χ0n) is 6.26. The van der Waals surface area contributed by atoms with Gasteiger partial charge in [0.2, 0.25) is 0 Å². The van der Waals surface area contributed by atoms with Crippen LogP contribution in [0.1, 0.15) is 6.92 Å². The van der Waals surface area contributed by atoms with Gasteiger partial charge in [0.25, 0.3) is 0 Å². The Morgan fingerprint density at radius 2 is 2.45 bits per heavy atom. The molecule has 0 aromatic carbocycles. The maximum Gasteiger partial charge on any atom is 0.150 e. The summed E-state index contributed by atoms with van der Waals surface area (Å²) in [6, 6.07) is 1.66. The minimum atomic E-state index is 0.510. The number of nitrogens with one attached hydrogen (secondary N) is 1. The van der Waals surface area contributed by atoms with Crippen LogP contribution in [0, 0.1) is 0 Å². The molecule has 1 heterocycles. The molecule has 3 nitrogen and oxygen atoms in total. The quantitative estimate of drug-likeness (QED) is 0.713. The first-order valence-electron chi connectivity index (χ1n) is 3.39. The van der Waals surface area contributed by atoms with E-state index in [4.69, 9.17) is 17.3 Å². The largest absolute Gasteiger partial charge is 0.395 e. The molecule has 1 rings (SSSR count). The second-order valence-corrected chi connectivity index (χ2v) is 2.49. The molecule has 0 bridgehead atoms. The van der Waals surface area contributed by atoms with Gasteiger partial charge in [0, 0.05) is 12.7 Å². The lowest BCUT2D eigenvalue weighted by molar-refractivity contribution is 1.16. The molecule has 1 aromatic rings. The maximum atomic E-state index is 5.74. The summed E-state index contributed by atoms with van der Waals surface area (Å²) in [5, 5.41) is 3.53. The molecule has 11 heavy (non-hydrogen) atoms. The molecule has 0 saturated carbocycles. The third kappa shape index (κ3) is 1.74. The lowest BCUT2D eigenvalue weighted by Crippen LogP contribution is -2.03. The standard InChI is InChI=1S/C7H10ClN3/c1-2-10-7-6(9)5(8)3-4-11-7/h3-4H,2,9H2,1H3,(H,10,11). The van der Waals surface area contributed by atoms with Gasteiger partial charge >= 0.3 is 0 Å². The van der Waals surface area contributed by atoms with Gasteiger partial charge in [-0.25, -0.2) is 4.98 Å². The average molecular weight is 172 g/mol. The fourth-order valence-corrected chi connectivity index (χ4v) is 0.904. The Hall–Kier alpha value is -0.960. The fourth-order valence-electron chi connectivity index (χ4n) is 0.758. The van der Waals surface area contributed by atoms with Gasteiger partial charge in [-0.1, -0.05) is 11.6 Å². The zero-order valence-corrected chi connectivity index (χ0v) is 7.02. The van der Waals surface area contributed by atoms with Crippen LogP contribution < -0.4 is 11.1 Å². The normalized spacial score (nSPS) is 9.64. The van der Waals surface area contributed by atoms with Crippen LogP contribution in [0.5, 0.6) is 0 Å². The number of hydrogen-bond donors (Lipinski definition) is 2. The van der Waals surface area contributed by atoms with Crippen molar-refractivity contribution in [3.8, 4) is 0 Å². The molecule has 60 valence electrons. The third-order valence-corrected chi connectivity index (χ3v) is 1.61. The molecular formula is C7H10ClN3. The summed E-state index contributed by atoms with van der Waals surface area (Å²) in [6.07, 6.45) is 1.62. The van der Waals surface area contributed by atoms with Crippen LogP contribution in [0.2, 0.25) is 5.02 Å². The summed E-state index contributed by atoms with van der Waals surface area (Å²) in [6.45, 7) is 2.76. The monoisotopic (exact) mass is 171 g/mol. The van der Waals surface area contributed by atoms with E-state index in [0.717, 1.165) is 6.54 Å². The zero-order chi connectivity index (χ0) is 8.27. The summed E-state index contributed by atoms with van der Waals surface area (Å²) in [5.74, 6) is 0.653. The van der Waals surface area contributed by atoms with Crippen molar-refractivity contribution in [3.63, 3.8) is 0 Å². The van der Waals surface area contributed by atoms with E-state index in [1.807, 2.05) is 6.92 Å². The molecule has 3 N–H and O–H groups in total. The number of nitrogens with zero attached hydrogens (tertiary/aromatic N) is 1. The molecule has 0 saturated heterocycles. The van der Waals surface area contributed by atoms with E-state index in [1.165, 1.54) is 0 Å². The molecule has 0 atom stereocenters. The van der Waals surface area contributed by atoms with Crippen molar-refractivity contribution >= 4 is 23.1 Å². The van der Waals surface area contributed by atoms with Crippen LogP contribution in [-0.2, 0) is 0 Å². The lowest BCUT2D eigenvalue weighted by atomic mass is 10.4. The van der Waals surface area contributed by atoms with Gasteiger partial charge in [0.15, 0.2) is 5.82 Å². The Morgan fingerprint density at radius 1 is 1.73 bits per heavy atom. The predicted molar refractivity (Wildman–Crippen MR) is 47.8 cm³/mol. The molecule has 0 spiro atoms. The summed E-state index contributed by atoms with van der Waals surface area (Å²) in [5.41, 5.74) is 6.12. The van der Waals surface area contributed by atoms with E-state index < -0.39 is 0 Å². The van der Waals surface area contributed by atoms with E-state index in [1.54, 1.807) is 12.3 Å². The predicted octanol–water partition coefficient (Wildman–Crippen LogP) is 1.75. The van der Waals surface area contributed by atoms with Crippen LogP contribution in [0.15, 0.2) is 12.3 Å². The van der Waals surface area contributed by atoms with Crippen molar-refractivity contribution in [2.24, 2.45) is 0 Å². The van der Waals surface area contributed by atoms with E-state index in [9.17, 15) is 0 Å². The van der Waals surface area contributed by atoms with Gasteiger partial charge in [-0.3, -0.25) is 0 Å². The van der Waals surface area contributed by atoms with Gasteiger partial charge in [-0.15, -0.1) is 0 Å². The first kappa shape index (κ1) is 8.14. The molecule has 0 aliphatic rings. The number of anilines is 2. The van der Waals surface area contributed by atoms with Crippen molar-refractivity contribution < 1.29 is 0 Å². The van der Waals surface area contributed by atoms with Gasteiger partial charge in [0.05, 0.1) is 10.7 Å². The summed E-state index contributed by atoms with van der Waals surface area (Å²) < 4.78 is 0. The van der Waals surface area contributed by atoms with Gasteiger partial charge in [-0.2, -0.15) is 0 Å². The highest BCUT2D eigenvalue weighted by Gasteiger charge is 2.01. The van der Waals surface area contributed by atoms with Crippen LogP contribution in [0.25, 0.3) is 0 Å². The summed E-state index contributed by atoms with van der Waals surface area (Å²) in [4.78, 5) is 4.01. The van der Waals surface area contributed by atoms with Crippen LogP contribution in [0.4, 0.5) is 11.5 Å². The second kappa shape index (κ2) is 3.44. The Labute approximate surface area is 70.6 Å². The van der Waals surface area contributed by atoms with Crippen LogP contribution in [-0.4, -0.2) is 11.5 Å². The van der Waals surface area contributed by atoms with Crippen molar-refractivity contribution in [1.82, 2.24) is 4.98 Å². The van der Waals surface area contributed by atoms with Crippen molar-refractivity contribution in [1.29, 1.82) is 0 Å². The highest BCUT2D eigenvalue weighted by Crippen LogP contribution is 2.23. The molecule has 1 aromatic heterocycles. The number of hydrogen-bond acceptors (Lipinski definition) is 3. The fraction of sp³-hybridized carbons (Fsp3) is 0.286. The minimum absolute atomic E-state index is 0.510. The maximum absolute atomic E-state index is 5.74. The summed E-state index contributed by atoms with van der Waals surface area (Å²) >= 11 is 5.74. The van der Waals surface area contributed by atoms with E-state index >= 15 is 0 Å². The topological polar surface area (TPSA) is 50.9 Å². The first-order chi connectivity index (χ1) is 5.25. The van der Waals surface area contributed by atoms with E-state index in [0.29, 0.717) is 16.5 Å². The van der Waals surface area contributed by atoms with E-state index in [2.05, 4.69) is 10.3 Å². The number of nitrogen functional groups attached to an aromatic ring is 1. The highest BCUT2D eigenvalue weighted by atomic mass is 35.5. The number of rotatable bonds is 2. The Kier molecular flexibility index (Phi) is 2.54. The van der Waals surface area contributed by atoms with E-state index in [-0.39, 0.29) is 0 Å². The SMILES string of the molecule is CCNc1nccc(Cl)c1N. The molecule has 0 unspecified atom stereocenters. The first-order valence-corrected chi connectivity index (χ1v) is 3.77. The third-order valence-electron chi connectivity index (χ3n) is 1.28. The van der Waals surface area contributed by atoms with Crippen molar-refractivity contribution in [2.45, 2.75) is 6.92 Å². The number of halogens is 1. The highest BCUT2D eigenvalue weighted by molar-refractivity contribution is 6.33. The molecule has 0 aliphatic carbocycles. The van der Waals surface area contributed by atoms with Gasteiger partial charge in [0.1, 0.15) is 0 Å². The van der Waals surface area contributed by atoms with Gasteiger partial charge < -0.3 is 11.1 Å². The summed E-state index contributed by atoms with van der Waals surface area (Å²) in [7, 11) is 0. The number of pyridine rings is 1. The Bertz CT molecular complexity index is 249. The Morgan fingerprint density at radius 3 is 3.09 bits per heavy atom. The smallest absolute Gasteiger partial charge is 0.150 e. The van der Waals surface area contributed by atoms with Crippen LogP contribution >= 0.6 is 11.6 Å². The minimum Gasteiger partial charge on any atom is -0.395 e. The molecule has 4 heteroatoms. The number of aromatic nitrogens is 1. The average Bonchev–Trinajstić information content (AvgIpc) is 1.99. The van der Waals surface area contributed by atoms with Crippen molar-refractivity contribution in [2.75, 3.05) is 17.6 Å². The molecule has 0 fully saturated rings. The molecule has 0 aliphatic heterocycles. The lowest BCUT2D eigenvalue weighted by Gasteiger charge is -2.05. The Balaban J connectivity index is 2.96. The van der Waals surface area contributed by atoms with Gasteiger partial charge in [-0.05, 0) is 13.0 Å².